The second kappa shape index (κ2) is 5.38. The Labute approximate surface area is 124 Å². The molecule has 2 unspecified atom stereocenters. The molecule has 2 atom stereocenters. The first-order valence-corrected chi connectivity index (χ1v) is 7.67. The van der Waals surface area contributed by atoms with Crippen LogP contribution in [0.15, 0.2) is 12.1 Å². The van der Waals surface area contributed by atoms with E-state index in [4.69, 9.17) is 11.6 Å². The van der Waals surface area contributed by atoms with Crippen molar-refractivity contribution >= 4 is 17.4 Å². The maximum Gasteiger partial charge on any atom is 0.163 e. The molecule has 20 heavy (non-hydrogen) atoms. The highest BCUT2D eigenvalue weighted by Gasteiger charge is 2.36. The Kier molecular flexibility index (Phi) is 3.74. The number of rotatable bonds is 3. The Hall–Kier alpha value is -1.06. The second-order valence-electron chi connectivity index (χ2n) is 6.16. The van der Waals surface area contributed by atoms with Gasteiger partial charge in [0.2, 0.25) is 0 Å². The summed E-state index contributed by atoms with van der Waals surface area (Å²) in [6.07, 6.45) is 4.03. The van der Waals surface area contributed by atoms with Crippen molar-refractivity contribution < 1.29 is 9.90 Å². The van der Waals surface area contributed by atoms with Gasteiger partial charge in [-0.2, -0.15) is 0 Å². The zero-order valence-electron chi connectivity index (χ0n) is 11.7. The summed E-state index contributed by atoms with van der Waals surface area (Å²) in [6, 6.07) is 3.32. The van der Waals surface area contributed by atoms with Crippen LogP contribution in [0.4, 0.5) is 0 Å². The number of carbonyl (C=O) groups is 1. The Balaban J connectivity index is 1.79. The lowest BCUT2D eigenvalue weighted by molar-refractivity contribution is 0.101. The monoisotopic (exact) mass is 293 g/mol. The number of halogens is 1. The number of benzene rings is 1. The van der Waals surface area contributed by atoms with Crippen LogP contribution in [0.25, 0.3) is 0 Å². The summed E-state index contributed by atoms with van der Waals surface area (Å²) in [7, 11) is 0. The summed E-state index contributed by atoms with van der Waals surface area (Å²) in [6.45, 7) is 4.34. The van der Waals surface area contributed by atoms with Gasteiger partial charge in [0.05, 0.1) is 5.56 Å². The average Bonchev–Trinajstić information content (AvgIpc) is 2.93. The molecule has 3 rings (SSSR count). The topological polar surface area (TPSA) is 40.5 Å². The van der Waals surface area contributed by atoms with E-state index in [0.717, 1.165) is 30.5 Å². The number of hydrogen-bond donors (Lipinski definition) is 1. The normalized spacial score (nSPS) is 25.9. The van der Waals surface area contributed by atoms with Crippen LogP contribution in [0.1, 0.15) is 42.1 Å². The fourth-order valence-corrected chi connectivity index (χ4v) is 3.99. The van der Waals surface area contributed by atoms with Crippen LogP contribution in [0.3, 0.4) is 0 Å². The van der Waals surface area contributed by atoms with Crippen molar-refractivity contribution in [2.24, 2.45) is 11.8 Å². The van der Waals surface area contributed by atoms with Crippen molar-refractivity contribution in [1.29, 1.82) is 0 Å². The van der Waals surface area contributed by atoms with Crippen molar-refractivity contribution in [1.82, 2.24) is 4.90 Å². The molecule has 4 heteroatoms. The Bertz CT molecular complexity index is 532. The summed E-state index contributed by atoms with van der Waals surface area (Å²) in [4.78, 5) is 13.9. The molecule has 0 radical (unpaired) electrons. The number of Topliss-reactive ketones (excluding diaryl/α,β-unsaturated/α-hetero) is 1. The van der Waals surface area contributed by atoms with Crippen LogP contribution in [0.2, 0.25) is 5.02 Å². The maximum absolute atomic E-state index is 11.5. The predicted molar refractivity (Wildman–Crippen MR) is 79.2 cm³/mol. The van der Waals surface area contributed by atoms with E-state index < -0.39 is 0 Å². The van der Waals surface area contributed by atoms with Crippen LogP contribution in [0, 0.1) is 11.8 Å². The first-order valence-electron chi connectivity index (χ1n) is 7.29. The zero-order chi connectivity index (χ0) is 14.3. The van der Waals surface area contributed by atoms with E-state index in [1.54, 1.807) is 12.1 Å². The standard InChI is InChI=1S/C16H20ClNO2/c1-10(19)15-6-14(17)5-13(16(15)20)9-18-7-11-3-2-4-12(11)8-18/h5-6,11-12,20H,2-4,7-9H2,1H3. The van der Waals surface area contributed by atoms with Gasteiger partial charge in [-0.25, -0.2) is 0 Å². The smallest absolute Gasteiger partial charge is 0.163 e. The van der Waals surface area contributed by atoms with Gasteiger partial charge < -0.3 is 5.11 Å². The molecule has 1 saturated heterocycles. The molecule has 1 aliphatic carbocycles. The molecule has 0 amide bonds. The van der Waals surface area contributed by atoms with Crippen LogP contribution in [-0.4, -0.2) is 28.9 Å². The highest BCUT2D eigenvalue weighted by molar-refractivity contribution is 6.31. The number of aromatic hydroxyl groups is 1. The van der Waals surface area contributed by atoms with E-state index in [9.17, 15) is 9.90 Å². The molecular weight excluding hydrogens is 274 g/mol. The summed E-state index contributed by atoms with van der Waals surface area (Å²) >= 11 is 6.07. The largest absolute Gasteiger partial charge is 0.507 e. The molecule has 0 spiro atoms. The predicted octanol–water partition coefficient (Wildman–Crippen LogP) is 3.48. The highest BCUT2D eigenvalue weighted by Crippen LogP contribution is 2.39. The quantitative estimate of drug-likeness (QED) is 0.868. The van der Waals surface area contributed by atoms with Gasteiger partial charge in [0.25, 0.3) is 0 Å². The summed E-state index contributed by atoms with van der Waals surface area (Å²) in [5.41, 5.74) is 1.09. The number of likely N-dealkylation sites (tertiary alicyclic amines) is 1. The van der Waals surface area contributed by atoms with E-state index in [2.05, 4.69) is 4.90 Å². The third-order valence-corrected chi connectivity index (χ3v) is 4.95. The Morgan fingerprint density at radius 3 is 2.60 bits per heavy atom. The van der Waals surface area contributed by atoms with Gasteiger partial charge in [-0.3, -0.25) is 9.69 Å². The van der Waals surface area contributed by atoms with E-state index in [-0.39, 0.29) is 11.5 Å². The summed E-state index contributed by atoms with van der Waals surface area (Å²) in [5, 5.41) is 10.8. The third-order valence-electron chi connectivity index (χ3n) is 4.73. The fourth-order valence-electron chi connectivity index (χ4n) is 3.75. The minimum absolute atomic E-state index is 0.0963. The minimum Gasteiger partial charge on any atom is -0.507 e. The molecule has 1 heterocycles. The van der Waals surface area contributed by atoms with Crippen molar-refractivity contribution in [3.63, 3.8) is 0 Å². The van der Waals surface area contributed by atoms with Crippen LogP contribution in [0.5, 0.6) is 5.75 Å². The number of carbonyl (C=O) groups excluding carboxylic acids is 1. The average molecular weight is 294 g/mol. The first-order chi connectivity index (χ1) is 9.54. The number of phenolic OH excluding ortho intramolecular Hbond substituents is 1. The zero-order valence-corrected chi connectivity index (χ0v) is 12.5. The van der Waals surface area contributed by atoms with Gasteiger partial charge in [0, 0.05) is 30.2 Å². The molecule has 2 fully saturated rings. The maximum atomic E-state index is 11.5. The number of nitrogens with zero attached hydrogens (tertiary/aromatic N) is 1. The SMILES string of the molecule is CC(=O)c1cc(Cl)cc(CN2CC3CCCC3C2)c1O. The van der Waals surface area contributed by atoms with Crippen LogP contribution >= 0.6 is 11.6 Å². The fraction of sp³-hybridized carbons (Fsp3) is 0.562. The van der Waals surface area contributed by atoms with E-state index >= 15 is 0 Å². The lowest BCUT2D eigenvalue weighted by atomic mass is 10.0. The molecule has 0 bridgehead atoms. The molecular formula is C16H20ClNO2. The molecule has 1 aromatic carbocycles. The lowest BCUT2D eigenvalue weighted by Gasteiger charge is -2.18. The van der Waals surface area contributed by atoms with Crippen molar-refractivity contribution in [2.45, 2.75) is 32.7 Å². The van der Waals surface area contributed by atoms with Crippen molar-refractivity contribution in [2.75, 3.05) is 13.1 Å². The summed E-state index contributed by atoms with van der Waals surface area (Å²) in [5.74, 6) is 1.59. The van der Waals surface area contributed by atoms with E-state index in [0.29, 0.717) is 17.1 Å². The Morgan fingerprint density at radius 2 is 2.00 bits per heavy atom. The molecule has 1 saturated carbocycles. The van der Waals surface area contributed by atoms with Gasteiger partial charge in [-0.05, 0) is 43.7 Å². The molecule has 2 aliphatic rings. The van der Waals surface area contributed by atoms with Crippen molar-refractivity contribution in [3.05, 3.63) is 28.3 Å². The molecule has 0 aromatic heterocycles. The van der Waals surface area contributed by atoms with Crippen LogP contribution < -0.4 is 0 Å². The highest BCUT2D eigenvalue weighted by atomic mass is 35.5. The molecule has 3 nitrogen and oxygen atoms in total. The summed E-state index contributed by atoms with van der Waals surface area (Å²) < 4.78 is 0. The molecule has 1 aromatic rings. The van der Waals surface area contributed by atoms with Gasteiger partial charge in [0.1, 0.15) is 5.75 Å². The Morgan fingerprint density at radius 1 is 1.35 bits per heavy atom. The number of hydrogen-bond acceptors (Lipinski definition) is 3. The lowest BCUT2D eigenvalue weighted by Crippen LogP contribution is -2.21. The van der Waals surface area contributed by atoms with Crippen molar-refractivity contribution in [3.8, 4) is 5.75 Å². The van der Waals surface area contributed by atoms with E-state index in [1.807, 2.05) is 0 Å². The first kappa shape index (κ1) is 13.9. The molecule has 108 valence electrons. The number of phenols is 1. The third kappa shape index (κ3) is 2.57. The van der Waals surface area contributed by atoms with Gasteiger partial charge in [-0.15, -0.1) is 0 Å². The number of ketones is 1. The van der Waals surface area contributed by atoms with E-state index in [1.165, 1.54) is 26.2 Å². The molecule has 1 aliphatic heterocycles. The van der Waals surface area contributed by atoms with Gasteiger partial charge >= 0.3 is 0 Å². The number of fused-ring (bicyclic) bond motifs is 1. The molecule has 1 N–H and O–H groups in total. The van der Waals surface area contributed by atoms with Gasteiger partial charge in [-0.1, -0.05) is 18.0 Å². The van der Waals surface area contributed by atoms with Crippen LogP contribution in [-0.2, 0) is 6.54 Å². The second-order valence-corrected chi connectivity index (χ2v) is 6.60. The minimum atomic E-state index is -0.149. The van der Waals surface area contributed by atoms with Gasteiger partial charge in [0.15, 0.2) is 5.78 Å².